The maximum atomic E-state index is 12.0. The number of carbonyl (C=O) groups excluding carboxylic acids is 3. The molecule has 2 N–H and O–H groups in total. The maximum Gasteiger partial charge on any atom is 0.375 e. The van der Waals surface area contributed by atoms with Crippen LogP contribution in [0.5, 0.6) is 0 Å². The molecule has 0 aliphatic carbocycles. The number of nitrogens with one attached hydrogen (secondary N) is 2. The van der Waals surface area contributed by atoms with Crippen LogP contribution in [0.1, 0.15) is 16.1 Å². The predicted octanol–water partition coefficient (Wildman–Crippen LogP) is 1.41. The molecule has 1 aromatic carbocycles. The molecule has 2 aromatic rings. The lowest BCUT2D eigenvalue weighted by Crippen LogP contribution is -2.37. The second kappa shape index (κ2) is 7.15. The highest BCUT2D eigenvalue weighted by atomic mass is 35.5. The van der Waals surface area contributed by atoms with Gasteiger partial charge in [0, 0.05) is 23.0 Å². The molecule has 8 heteroatoms. The van der Waals surface area contributed by atoms with Gasteiger partial charge in [0.05, 0.1) is 6.54 Å². The average Bonchev–Trinajstić information content (AvgIpc) is 2.87. The van der Waals surface area contributed by atoms with Crippen molar-refractivity contribution in [2.45, 2.75) is 6.92 Å². The summed E-state index contributed by atoms with van der Waals surface area (Å²) in [5.74, 6) is -1.68. The van der Waals surface area contributed by atoms with Gasteiger partial charge in [-0.1, -0.05) is 11.6 Å². The van der Waals surface area contributed by atoms with Gasteiger partial charge in [-0.25, -0.2) is 4.79 Å². The van der Waals surface area contributed by atoms with Gasteiger partial charge in [0.1, 0.15) is 5.58 Å². The second-order valence-electron chi connectivity index (χ2n) is 4.72. The predicted molar refractivity (Wildman–Crippen MR) is 83.3 cm³/mol. The van der Waals surface area contributed by atoms with E-state index in [9.17, 15) is 14.4 Å². The molecule has 2 rings (SSSR count). The molecule has 0 aliphatic heterocycles. The summed E-state index contributed by atoms with van der Waals surface area (Å²) < 4.78 is 10.3. The number of furan rings is 1. The summed E-state index contributed by atoms with van der Waals surface area (Å²) in [6, 6.07) is 4.98. The van der Waals surface area contributed by atoms with E-state index in [1.54, 1.807) is 25.1 Å². The van der Waals surface area contributed by atoms with Crippen LogP contribution in [-0.4, -0.2) is 38.0 Å². The van der Waals surface area contributed by atoms with Gasteiger partial charge in [-0.2, -0.15) is 0 Å². The number of amides is 2. The number of hydrogen-bond donors (Lipinski definition) is 2. The van der Waals surface area contributed by atoms with Gasteiger partial charge in [0.2, 0.25) is 11.7 Å². The molecule has 0 fully saturated rings. The standard InChI is InChI=1S/C15H15ClN2O5/c1-8-10-5-9(16)3-4-11(10)23-14(8)15(21)22-7-13(20)18-6-12(19)17-2/h3-5H,6-7H2,1-2H3,(H,17,19)(H,18,20). The molecule has 0 radical (unpaired) electrons. The third-order valence-corrected chi connectivity index (χ3v) is 3.38. The van der Waals surface area contributed by atoms with Crippen LogP contribution in [-0.2, 0) is 14.3 Å². The van der Waals surface area contributed by atoms with Gasteiger partial charge in [0.25, 0.3) is 5.91 Å². The number of likely N-dealkylation sites (N-methyl/N-ethyl adjacent to an activating group) is 1. The minimum Gasteiger partial charge on any atom is -0.450 e. The fourth-order valence-corrected chi connectivity index (χ4v) is 2.07. The number of carbonyl (C=O) groups is 3. The zero-order chi connectivity index (χ0) is 17.0. The smallest absolute Gasteiger partial charge is 0.375 e. The van der Waals surface area contributed by atoms with Crippen LogP contribution >= 0.6 is 11.6 Å². The monoisotopic (exact) mass is 338 g/mol. The molecule has 1 heterocycles. The minimum absolute atomic E-state index is 0.0152. The van der Waals surface area contributed by atoms with Crippen molar-refractivity contribution in [2.75, 3.05) is 20.2 Å². The Morgan fingerprint density at radius 1 is 1.26 bits per heavy atom. The number of aryl methyl sites for hydroxylation is 1. The van der Waals surface area contributed by atoms with E-state index in [0.29, 0.717) is 21.6 Å². The van der Waals surface area contributed by atoms with Crippen molar-refractivity contribution in [2.24, 2.45) is 0 Å². The Morgan fingerprint density at radius 3 is 2.70 bits per heavy atom. The van der Waals surface area contributed by atoms with Crippen molar-refractivity contribution >= 4 is 40.4 Å². The zero-order valence-corrected chi connectivity index (χ0v) is 13.3. The molecule has 23 heavy (non-hydrogen) atoms. The number of hydrogen-bond acceptors (Lipinski definition) is 5. The summed E-state index contributed by atoms with van der Waals surface area (Å²) >= 11 is 5.91. The van der Waals surface area contributed by atoms with E-state index in [0.717, 1.165) is 0 Å². The first kappa shape index (κ1) is 16.8. The van der Waals surface area contributed by atoms with Gasteiger partial charge in [-0.3, -0.25) is 9.59 Å². The van der Waals surface area contributed by atoms with Crippen LogP contribution in [0, 0.1) is 6.92 Å². The zero-order valence-electron chi connectivity index (χ0n) is 12.6. The minimum atomic E-state index is -0.759. The molecule has 0 bridgehead atoms. The van der Waals surface area contributed by atoms with E-state index in [4.69, 9.17) is 20.8 Å². The van der Waals surface area contributed by atoms with Gasteiger partial charge in [0.15, 0.2) is 6.61 Å². The number of rotatable bonds is 5. The first-order valence-electron chi connectivity index (χ1n) is 6.75. The average molecular weight is 339 g/mol. The van der Waals surface area contributed by atoms with Crippen molar-refractivity contribution in [1.29, 1.82) is 0 Å². The third-order valence-electron chi connectivity index (χ3n) is 3.14. The van der Waals surface area contributed by atoms with E-state index in [1.165, 1.54) is 7.05 Å². The molecule has 0 spiro atoms. The van der Waals surface area contributed by atoms with Crippen LogP contribution in [0.25, 0.3) is 11.0 Å². The highest BCUT2D eigenvalue weighted by Gasteiger charge is 2.20. The van der Waals surface area contributed by atoms with Crippen LogP contribution in [0.2, 0.25) is 5.02 Å². The fourth-order valence-electron chi connectivity index (χ4n) is 1.90. The normalized spacial score (nSPS) is 10.4. The number of halogens is 1. The molecular formula is C15H15ClN2O5. The number of ether oxygens (including phenoxy) is 1. The summed E-state index contributed by atoms with van der Waals surface area (Å²) in [7, 11) is 1.45. The summed E-state index contributed by atoms with van der Waals surface area (Å²) in [5.41, 5.74) is 1.08. The lowest BCUT2D eigenvalue weighted by molar-refractivity contribution is -0.127. The lowest BCUT2D eigenvalue weighted by atomic mass is 10.1. The largest absolute Gasteiger partial charge is 0.450 e. The first-order chi connectivity index (χ1) is 10.9. The second-order valence-corrected chi connectivity index (χ2v) is 5.16. The van der Waals surface area contributed by atoms with Crippen molar-refractivity contribution < 1.29 is 23.5 Å². The lowest BCUT2D eigenvalue weighted by Gasteiger charge is -2.05. The summed E-state index contributed by atoms with van der Waals surface area (Å²) in [6.45, 7) is 1.01. The molecule has 0 saturated carbocycles. The van der Waals surface area contributed by atoms with Gasteiger partial charge >= 0.3 is 5.97 Å². The molecule has 0 unspecified atom stereocenters. The maximum absolute atomic E-state index is 12.0. The Balaban J connectivity index is 2.00. The Hall–Kier alpha value is -2.54. The van der Waals surface area contributed by atoms with Crippen molar-refractivity contribution in [3.05, 3.63) is 34.5 Å². The number of fused-ring (bicyclic) bond motifs is 1. The van der Waals surface area contributed by atoms with Crippen molar-refractivity contribution in [3.63, 3.8) is 0 Å². The summed E-state index contributed by atoms with van der Waals surface area (Å²) in [6.07, 6.45) is 0. The number of benzene rings is 1. The van der Waals surface area contributed by atoms with E-state index < -0.39 is 18.5 Å². The van der Waals surface area contributed by atoms with Crippen LogP contribution < -0.4 is 10.6 Å². The van der Waals surface area contributed by atoms with E-state index in [1.807, 2.05) is 0 Å². The van der Waals surface area contributed by atoms with E-state index in [2.05, 4.69) is 10.6 Å². The topological polar surface area (TPSA) is 97.6 Å². The Morgan fingerprint density at radius 2 is 2.00 bits per heavy atom. The molecule has 2 amide bonds. The fraction of sp³-hybridized carbons (Fsp3) is 0.267. The molecule has 0 aliphatic rings. The van der Waals surface area contributed by atoms with Crippen molar-refractivity contribution in [1.82, 2.24) is 10.6 Å². The highest BCUT2D eigenvalue weighted by Crippen LogP contribution is 2.28. The molecular weight excluding hydrogens is 324 g/mol. The highest BCUT2D eigenvalue weighted by molar-refractivity contribution is 6.31. The molecule has 0 atom stereocenters. The quantitative estimate of drug-likeness (QED) is 0.803. The van der Waals surface area contributed by atoms with E-state index in [-0.39, 0.29) is 18.2 Å². The third kappa shape index (κ3) is 4.01. The van der Waals surface area contributed by atoms with Gasteiger partial charge in [-0.15, -0.1) is 0 Å². The summed E-state index contributed by atoms with van der Waals surface area (Å²) in [5, 5.41) is 5.89. The van der Waals surface area contributed by atoms with E-state index >= 15 is 0 Å². The van der Waals surface area contributed by atoms with Crippen LogP contribution in [0.3, 0.4) is 0 Å². The first-order valence-corrected chi connectivity index (χ1v) is 7.13. The Kier molecular flexibility index (Phi) is 5.23. The van der Waals surface area contributed by atoms with Crippen LogP contribution in [0.4, 0.5) is 0 Å². The molecule has 122 valence electrons. The van der Waals surface area contributed by atoms with Crippen molar-refractivity contribution in [3.8, 4) is 0 Å². The molecule has 1 aromatic heterocycles. The molecule has 0 saturated heterocycles. The summed E-state index contributed by atoms with van der Waals surface area (Å²) in [4.78, 5) is 34.5. The Labute approximate surface area is 136 Å². The Bertz CT molecular complexity index is 769. The van der Waals surface area contributed by atoms with Gasteiger partial charge in [-0.05, 0) is 25.1 Å². The van der Waals surface area contributed by atoms with Crippen LogP contribution in [0.15, 0.2) is 22.6 Å². The van der Waals surface area contributed by atoms with Gasteiger partial charge < -0.3 is 19.8 Å². The molecule has 7 nitrogen and oxygen atoms in total. The SMILES string of the molecule is CNC(=O)CNC(=O)COC(=O)c1oc2ccc(Cl)cc2c1C. The number of esters is 1.